The van der Waals surface area contributed by atoms with Crippen LogP contribution in [0.2, 0.25) is 0 Å². The summed E-state index contributed by atoms with van der Waals surface area (Å²) >= 11 is 0. The molecule has 0 unspecified atom stereocenters. The van der Waals surface area contributed by atoms with Crippen molar-refractivity contribution in [3.8, 4) is 0 Å². The molecule has 0 aliphatic rings. The van der Waals surface area contributed by atoms with Gasteiger partial charge in [0.2, 0.25) is 0 Å². The molecule has 0 amide bonds. The third kappa shape index (κ3) is 4.11. The Morgan fingerprint density at radius 3 is 2.11 bits per heavy atom. The van der Waals surface area contributed by atoms with E-state index in [1.807, 2.05) is 0 Å². The lowest BCUT2D eigenvalue weighted by Crippen LogP contribution is -2.20. The van der Waals surface area contributed by atoms with E-state index in [-0.39, 0.29) is 11.3 Å². The number of alkyl halides is 3. The van der Waals surface area contributed by atoms with Gasteiger partial charge in [0, 0.05) is 5.56 Å². The number of ketones is 1. The summed E-state index contributed by atoms with van der Waals surface area (Å²) in [7, 11) is -4.47. The van der Waals surface area contributed by atoms with E-state index in [0.29, 0.717) is 0 Å². The molecular formula is C10H9F3O4S. The van der Waals surface area contributed by atoms with E-state index in [0.717, 1.165) is 12.1 Å². The molecular weight excluding hydrogens is 273 g/mol. The number of Topliss-reactive ketones (excluding diaryl/α,β-unsaturated/α-hetero) is 1. The highest BCUT2D eigenvalue weighted by atomic mass is 32.2. The second-order valence-electron chi connectivity index (χ2n) is 3.41. The maximum Gasteiger partial charge on any atom is 0.413 e. The molecule has 18 heavy (non-hydrogen) atoms. The van der Waals surface area contributed by atoms with Crippen LogP contribution in [0, 0.1) is 0 Å². The number of carbonyl (C=O) groups is 1. The van der Waals surface area contributed by atoms with Crippen molar-refractivity contribution >= 4 is 15.9 Å². The zero-order valence-corrected chi connectivity index (χ0v) is 10.0. The molecule has 0 N–H and O–H groups in total. The third-order valence-corrected chi connectivity index (χ3v) is 3.20. The molecule has 8 heteroatoms. The van der Waals surface area contributed by atoms with Crippen LogP contribution in [0.1, 0.15) is 17.3 Å². The maximum absolute atomic E-state index is 11.8. The van der Waals surface area contributed by atoms with Gasteiger partial charge >= 0.3 is 6.18 Å². The Kier molecular flexibility index (Phi) is 4.12. The van der Waals surface area contributed by atoms with Gasteiger partial charge in [0.05, 0.1) is 4.90 Å². The second kappa shape index (κ2) is 5.07. The first-order valence-corrected chi connectivity index (χ1v) is 6.10. The number of carbonyl (C=O) groups excluding carboxylic acids is 1. The van der Waals surface area contributed by atoms with Gasteiger partial charge in [-0.1, -0.05) is 12.1 Å². The summed E-state index contributed by atoms with van der Waals surface area (Å²) in [4.78, 5) is 10.5. The topological polar surface area (TPSA) is 60.4 Å². The van der Waals surface area contributed by atoms with Crippen molar-refractivity contribution < 1.29 is 30.6 Å². The number of hydrogen-bond donors (Lipinski definition) is 0. The molecule has 1 aromatic carbocycles. The first-order chi connectivity index (χ1) is 8.12. The van der Waals surface area contributed by atoms with Crippen molar-refractivity contribution in [1.82, 2.24) is 0 Å². The van der Waals surface area contributed by atoms with Crippen LogP contribution >= 0.6 is 0 Å². The zero-order valence-electron chi connectivity index (χ0n) is 9.19. The SMILES string of the molecule is CC(=O)c1ccc(S(=O)(=O)OCC(F)(F)F)cc1. The van der Waals surface area contributed by atoms with Gasteiger partial charge in [-0.3, -0.25) is 8.98 Å². The van der Waals surface area contributed by atoms with Crippen LogP contribution in [-0.4, -0.2) is 27.0 Å². The Morgan fingerprint density at radius 2 is 1.72 bits per heavy atom. The minimum absolute atomic E-state index is 0.254. The molecule has 0 saturated heterocycles. The predicted molar refractivity (Wildman–Crippen MR) is 55.6 cm³/mol. The molecule has 0 aromatic heterocycles. The molecule has 0 atom stereocenters. The molecule has 0 fully saturated rings. The van der Waals surface area contributed by atoms with Crippen molar-refractivity contribution in [2.24, 2.45) is 0 Å². The van der Waals surface area contributed by atoms with E-state index in [2.05, 4.69) is 4.18 Å². The summed E-state index contributed by atoms with van der Waals surface area (Å²) in [6.45, 7) is -0.604. The van der Waals surface area contributed by atoms with E-state index < -0.39 is 27.8 Å². The van der Waals surface area contributed by atoms with E-state index in [4.69, 9.17) is 0 Å². The average Bonchev–Trinajstić information content (AvgIpc) is 2.26. The van der Waals surface area contributed by atoms with Gasteiger partial charge in [0.15, 0.2) is 12.4 Å². The molecule has 100 valence electrons. The summed E-state index contributed by atoms with van der Waals surface area (Å²) < 4.78 is 62.1. The number of hydrogen-bond acceptors (Lipinski definition) is 4. The van der Waals surface area contributed by atoms with E-state index >= 15 is 0 Å². The molecule has 0 aliphatic carbocycles. The van der Waals surface area contributed by atoms with Crippen LogP contribution in [0.4, 0.5) is 13.2 Å². The standard InChI is InChI=1S/C10H9F3O4S/c1-7(14)8-2-4-9(5-3-8)18(15,16)17-6-10(11,12)13/h2-5H,6H2,1H3. The summed E-state index contributed by atoms with van der Waals surface area (Å²) in [5.41, 5.74) is 0.254. The van der Waals surface area contributed by atoms with Gasteiger partial charge in [-0.05, 0) is 19.1 Å². The molecule has 0 aliphatic heterocycles. The van der Waals surface area contributed by atoms with Crippen molar-refractivity contribution in [2.45, 2.75) is 18.0 Å². The fraction of sp³-hybridized carbons (Fsp3) is 0.300. The summed E-state index contributed by atoms with van der Waals surface area (Å²) in [6.07, 6.45) is -4.73. The third-order valence-electron chi connectivity index (χ3n) is 1.93. The predicted octanol–water partition coefficient (Wildman–Crippen LogP) is 2.16. The first-order valence-electron chi connectivity index (χ1n) is 4.69. The molecule has 0 spiro atoms. The lowest BCUT2D eigenvalue weighted by Gasteiger charge is -2.08. The highest BCUT2D eigenvalue weighted by Crippen LogP contribution is 2.19. The molecule has 0 heterocycles. The Hall–Kier alpha value is -1.41. The lowest BCUT2D eigenvalue weighted by molar-refractivity contribution is -0.152. The fourth-order valence-corrected chi connectivity index (χ4v) is 1.96. The normalized spacial score (nSPS) is 12.4. The Morgan fingerprint density at radius 1 is 1.22 bits per heavy atom. The summed E-state index contributed by atoms with van der Waals surface area (Å²) in [6, 6.07) is 4.43. The molecule has 1 aromatic rings. The van der Waals surface area contributed by atoms with Gasteiger partial charge in [0.1, 0.15) is 0 Å². The van der Waals surface area contributed by atoms with Gasteiger partial charge in [-0.25, -0.2) is 0 Å². The Balaban J connectivity index is 2.89. The summed E-state index contributed by atoms with van der Waals surface area (Å²) in [5.74, 6) is -0.282. The Labute approximate surface area is 101 Å². The number of halogens is 3. The number of rotatable bonds is 4. The van der Waals surface area contributed by atoms with Crippen LogP contribution < -0.4 is 0 Å². The maximum atomic E-state index is 11.8. The van der Waals surface area contributed by atoms with Crippen molar-refractivity contribution in [3.63, 3.8) is 0 Å². The van der Waals surface area contributed by atoms with Crippen LogP contribution in [0.5, 0.6) is 0 Å². The van der Waals surface area contributed by atoms with Crippen molar-refractivity contribution in [3.05, 3.63) is 29.8 Å². The quantitative estimate of drug-likeness (QED) is 0.627. The molecule has 0 saturated carbocycles. The second-order valence-corrected chi connectivity index (χ2v) is 5.03. The van der Waals surface area contributed by atoms with Crippen LogP contribution in [0.25, 0.3) is 0 Å². The van der Waals surface area contributed by atoms with Gasteiger partial charge in [0.25, 0.3) is 10.1 Å². The van der Waals surface area contributed by atoms with Crippen LogP contribution in [-0.2, 0) is 14.3 Å². The average molecular weight is 282 g/mol. The summed E-state index contributed by atoms with van der Waals surface area (Å²) in [5, 5.41) is 0. The Bertz CT molecular complexity index is 531. The van der Waals surface area contributed by atoms with Gasteiger partial charge in [-0.2, -0.15) is 21.6 Å². The zero-order chi connectivity index (χ0) is 14.0. The minimum atomic E-state index is -4.73. The monoisotopic (exact) mass is 282 g/mol. The lowest BCUT2D eigenvalue weighted by atomic mass is 10.2. The molecule has 0 radical (unpaired) electrons. The van der Waals surface area contributed by atoms with Crippen LogP contribution in [0.3, 0.4) is 0 Å². The molecule has 1 rings (SSSR count). The molecule has 0 bridgehead atoms. The smallest absolute Gasteiger partial charge is 0.295 e. The molecule has 4 nitrogen and oxygen atoms in total. The van der Waals surface area contributed by atoms with E-state index in [9.17, 15) is 26.4 Å². The van der Waals surface area contributed by atoms with Crippen molar-refractivity contribution in [1.29, 1.82) is 0 Å². The van der Waals surface area contributed by atoms with Gasteiger partial charge < -0.3 is 0 Å². The van der Waals surface area contributed by atoms with Crippen LogP contribution in [0.15, 0.2) is 29.2 Å². The first kappa shape index (κ1) is 14.7. The van der Waals surface area contributed by atoms with Crippen molar-refractivity contribution in [2.75, 3.05) is 6.61 Å². The van der Waals surface area contributed by atoms with E-state index in [1.54, 1.807) is 0 Å². The highest BCUT2D eigenvalue weighted by molar-refractivity contribution is 7.86. The van der Waals surface area contributed by atoms with Gasteiger partial charge in [-0.15, -0.1) is 0 Å². The minimum Gasteiger partial charge on any atom is -0.295 e. The largest absolute Gasteiger partial charge is 0.413 e. The fourth-order valence-electron chi connectivity index (χ4n) is 1.07. The highest BCUT2D eigenvalue weighted by Gasteiger charge is 2.31. The number of benzene rings is 1. The van der Waals surface area contributed by atoms with E-state index in [1.165, 1.54) is 19.1 Å².